The summed E-state index contributed by atoms with van der Waals surface area (Å²) in [7, 11) is 3.16. The molecule has 2 N–H and O–H groups in total. The number of piperidine rings is 1. The van der Waals surface area contributed by atoms with Gasteiger partial charge in [0.25, 0.3) is 5.91 Å². The first-order valence-corrected chi connectivity index (χ1v) is 8.44. The molecular formula is C18H24N4O3. The van der Waals surface area contributed by atoms with Crippen LogP contribution < -0.4 is 14.8 Å². The Morgan fingerprint density at radius 2 is 2.12 bits per heavy atom. The molecule has 3 rings (SSSR count). The van der Waals surface area contributed by atoms with Crippen LogP contribution in [0.2, 0.25) is 0 Å². The lowest BCUT2D eigenvalue weighted by atomic mass is 10.0. The Kier molecular flexibility index (Phi) is 5.55. The quantitative estimate of drug-likeness (QED) is 0.836. The lowest BCUT2D eigenvalue weighted by molar-refractivity contribution is 0.0701. The van der Waals surface area contributed by atoms with Crippen molar-refractivity contribution in [3.63, 3.8) is 0 Å². The van der Waals surface area contributed by atoms with Crippen LogP contribution in [-0.2, 0) is 6.54 Å². The zero-order valence-corrected chi connectivity index (χ0v) is 14.6. The first-order chi connectivity index (χ1) is 12.2. The van der Waals surface area contributed by atoms with Crippen LogP contribution in [0.3, 0.4) is 0 Å². The average Bonchev–Trinajstić information content (AvgIpc) is 3.19. The van der Waals surface area contributed by atoms with E-state index in [0.29, 0.717) is 23.1 Å². The van der Waals surface area contributed by atoms with Crippen molar-refractivity contribution in [3.8, 4) is 11.5 Å². The summed E-state index contributed by atoms with van der Waals surface area (Å²) in [5.74, 6) is 2.15. The molecule has 25 heavy (non-hydrogen) atoms. The second kappa shape index (κ2) is 8.02. The molecule has 0 spiro atoms. The van der Waals surface area contributed by atoms with Crippen LogP contribution in [0.25, 0.3) is 0 Å². The number of aromatic nitrogens is 2. The van der Waals surface area contributed by atoms with Crippen LogP contribution >= 0.6 is 0 Å². The number of carbonyl (C=O) groups excluding carboxylic acids is 1. The number of rotatable bonds is 6. The Balaban J connectivity index is 1.56. The number of aromatic amines is 1. The van der Waals surface area contributed by atoms with Gasteiger partial charge in [0.05, 0.1) is 26.3 Å². The van der Waals surface area contributed by atoms with Gasteiger partial charge in [-0.1, -0.05) is 0 Å². The maximum atomic E-state index is 12.8. The number of imidazole rings is 1. The van der Waals surface area contributed by atoms with Gasteiger partial charge >= 0.3 is 0 Å². The monoisotopic (exact) mass is 344 g/mol. The highest BCUT2D eigenvalue weighted by atomic mass is 16.5. The molecular weight excluding hydrogens is 320 g/mol. The molecule has 134 valence electrons. The molecule has 1 saturated heterocycles. The Morgan fingerprint density at radius 3 is 2.76 bits per heavy atom. The molecule has 0 unspecified atom stereocenters. The van der Waals surface area contributed by atoms with Crippen molar-refractivity contribution in [2.24, 2.45) is 0 Å². The summed E-state index contributed by atoms with van der Waals surface area (Å²) < 4.78 is 10.5. The predicted octanol–water partition coefficient (Wildman–Crippen LogP) is 1.82. The number of carbonyl (C=O) groups is 1. The molecule has 0 radical (unpaired) electrons. The van der Waals surface area contributed by atoms with Crippen molar-refractivity contribution in [2.75, 3.05) is 27.3 Å². The third-order valence-corrected chi connectivity index (χ3v) is 4.53. The number of amides is 1. The molecule has 1 aromatic carbocycles. The minimum Gasteiger partial charge on any atom is -0.497 e. The third-order valence-electron chi connectivity index (χ3n) is 4.53. The molecule has 7 heteroatoms. The van der Waals surface area contributed by atoms with Gasteiger partial charge in [-0.25, -0.2) is 4.98 Å². The lowest BCUT2D eigenvalue weighted by Crippen LogP contribution is -2.44. The van der Waals surface area contributed by atoms with Gasteiger partial charge in [-0.3, -0.25) is 4.79 Å². The second-order valence-electron chi connectivity index (χ2n) is 6.05. The SMILES string of the molecule is COc1ccc(C(=O)N2CCC(NCc3ncc[nH]3)CC2)c(OC)c1. The van der Waals surface area contributed by atoms with Gasteiger partial charge in [0.15, 0.2) is 0 Å². The van der Waals surface area contributed by atoms with Crippen LogP contribution in [0.5, 0.6) is 11.5 Å². The summed E-state index contributed by atoms with van der Waals surface area (Å²) in [5.41, 5.74) is 0.574. The van der Waals surface area contributed by atoms with E-state index in [1.807, 2.05) is 11.1 Å². The summed E-state index contributed by atoms with van der Waals surface area (Å²) in [6.45, 7) is 2.17. The number of ether oxygens (including phenoxy) is 2. The molecule has 1 aromatic heterocycles. The lowest BCUT2D eigenvalue weighted by Gasteiger charge is -2.32. The summed E-state index contributed by atoms with van der Waals surface area (Å²) >= 11 is 0. The van der Waals surface area contributed by atoms with E-state index >= 15 is 0 Å². The van der Waals surface area contributed by atoms with E-state index in [0.717, 1.165) is 38.3 Å². The number of nitrogens with zero attached hydrogens (tertiary/aromatic N) is 2. The molecule has 7 nitrogen and oxygen atoms in total. The summed E-state index contributed by atoms with van der Waals surface area (Å²) in [5, 5.41) is 3.49. The van der Waals surface area contributed by atoms with Crippen molar-refractivity contribution in [2.45, 2.75) is 25.4 Å². The van der Waals surface area contributed by atoms with E-state index in [4.69, 9.17) is 9.47 Å². The summed E-state index contributed by atoms with van der Waals surface area (Å²) in [4.78, 5) is 22.0. The smallest absolute Gasteiger partial charge is 0.257 e. The van der Waals surface area contributed by atoms with Gasteiger partial charge in [0, 0.05) is 37.6 Å². The van der Waals surface area contributed by atoms with Gasteiger partial charge in [-0.15, -0.1) is 0 Å². The standard InChI is InChI=1S/C18H24N4O3/c1-24-14-3-4-15(16(11-14)25-2)18(23)22-9-5-13(6-10-22)21-12-17-19-7-8-20-17/h3-4,7-8,11,13,21H,5-6,9-10,12H2,1-2H3,(H,19,20). The molecule has 1 aliphatic heterocycles. The second-order valence-corrected chi connectivity index (χ2v) is 6.05. The van der Waals surface area contributed by atoms with Crippen LogP contribution in [0.15, 0.2) is 30.6 Å². The Labute approximate surface area is 147 Å². The minimum atomic E-state index is 0.00369. The molecule has 0 aliphatic carbocycles. The van der Waals surface area contributed by atoms with Gasteiger partial charge in [-0.05, 0) is 25.0 Å². The van der Waals surface area contributed by atoms with Crippen LogP contribution in [0, 0.1) is 0 Å². The predicted molar refractivity (Wildman–Crippen MR) is 93.9 cm³/mol. The number of likely N-dealkylation sites (tertiary alicyclic amines) is 1. The van der Waals surface area contributed by atoms with Gasteiger partial charge in [0.1, 0.15) is 17.3 Å². The van der Waals surface area contributed by atoms with Crippen LogP contribution in [0.1, 0.15) is 29.0 Å². The Morgan fingerprint density at radius 1 is 1.32 bits per heavy atom. The molecule has 1 aliphatic rings. The fourth-order valence-corrected chi connectivity index (χ4v) is 3.07. The first kappa shape index (κ1) is 17.3. The summed E-state index contributed by atoms with van der Waals surface area (Å²) in [6, 6.07) is 5.69. The minimum absolute atomic E-state index is 0.00369. The number of H-pyrrole nitrogens is 1. The highest BCUT2D eigenvalue weighted by Gasteiger charge is 2.25. The topological polar surface area (TPSA) is 79.5 Å². The largest absolute Gasteiger partial charge is 0.497 e. The summed E-state index contributed by atoms with van der Waals surface area (Å²) in [6.07, 6.45) is 5.41. The van der Waals surface area contributed by atoms with E-state index in [-0.39, 0.29) is 5.91 Å². The average molecular weight is 344 g/mol. The molecule has 0 atom stereocenters. The fourth-order valence-electron chi connectivity index (χ4n) is 3.07. The van der Waals surface area contributed by atoms with Crippen molar-refractivity contribution >= 4 is 5.91 Å². The molecule has 0 saturated carbocycles. The maximum Gasteiger partial charge on any atom is 0.257 e. The zero-order valence-electron chi connectivity index (χ0n) is 14.6. The van der Waals surface area contributed by atoms with Gasteiger partial charge in [-0.2, -0.15) is 0 Å². The van der Waals surface area contributed by atoms with Crippen molar-refractivity contribution in [1.82, 2.24) is 20.2 Å². The number of hydrogen-bond donors (Lipinski definition) is 2. The highest BCUT2D eigenvalue weighted by molar-refractivity contribution is 5.97. The number of methoxy groups -OCH3 is 2. The third kappa shape index (κ3) is 4.11. The number of hydrogen-bond acceptors (Lipinski definition) is 5. The Bertz CT molecular complexity index is 694. The number of benzene rings is 1. The molecule has 1 amide bonds. The fraction of sp³-hybridized carbons (Fsp3) is 0.444. The maximum absolute atomic E-state index is 12.8. The van der Waals surface area contributed by atoms with Gasteiger partial charge in [0.2, 0.25) is 0 Å². The van der Waals surface area contributed by atoms with Crippen molar-refractivity contribution < 1.29 is 14.3 Å². The molecule has 2 heterocycles. The normalized spacial score (nSPS) is 15.2. The highest BCUT2D eigenvalue weighted by Crippen LogP contribution is 2.26. The zero-order chi connectivity index (χ0) is 17.6. The van der Waals surface area contributed by atoms with Gasteiger partial charge < -0.3 is 24.7 Å². The van der Waals surface area contributed by atoms with Crippen molar-refractivity contribution in [3.05, 3.63) is 42.0 Å². The van der Waals surface area contributed by atoms with Crippen molar-refractivity contribution in [1.29, 1.82) is 0 Å². The number of nitrogens with one attached hydrogen (secondary N) is 2. The van der Waals surface area contributed by atoms with E-state index in [1.54, 1.807) is 38.6 Å². The Hall–Kier alpha value is -2.54. The van der Waals surface area contributed by atoms with E-state index in [1.165, 1.54) is 0 Å². The molecule has 2 aromatic rings. The van der Waals surface area contributed by atoms with E-state index in [2.05, 4.69) is 15.3 Å². The van der Waals surface area contributed by atoms with Crippen LogP contribution in [0.4, 0.5) is 0 Å². The van der Waals surface area contributed by atoms with E-state index in [9.17, 15) is 4.79 Å². The molecule has 1 fully saturated rings. The molecule has 0 bridgehead atoms. The van der Waals surface area contributed by atoms with Crippen LogP contribution in [-0.4, -0.2) is 54.1 Å². The van der Waals surface area contributed by atoms with E-state index < -0.39 is 0 Å². The first-order valence-electron chi connectivity index (χ1n) is 8.44.